The van der Waals surface area contributed by atoms with Gasteiger partial charge in [0, 0.05) is 38.0 Å². The Morgan fingerprint density at radius 3 is 2.77 bits per heavy atom. The zero-order valence-corrected chi connectivity index (χ0v) is 16.7. The van der Waals surface area contributed by atoms with E-state index in [4.69, 9.17) is 8.94 Å². The smallest absolute Gasteiger partial charge is 0.253 e. The number of carbonyl (C=O) groups excluding carboxylic acids is 2. The molecule has 8 heteroatoms. The van der Waals surface area contributed by atoms with E-state index in [0.29, 0.717) is 36.0 Å². The summed E-state index contributed by atoms with van der Waals surface area (Å²) in [6, 6.07) is 10.9. The van der Waals surface area contributed by atoms with Crippen LogP contribution < -0.4 is 5.32 Å². The highest BCUT2D eigenvalue weighted by Gasteiger charge is 2.18. The minimum Gasteiger partial charge on any atom is -0.461 e. The SMILES string of the molecule is O=C(CCc1nc(-c2ccco2)no1)NCc1cccc(C(=O)N2CCCCC2)c1. The Morgan fingerprint density at radius 2 is 1.97 bits per heavy atom. The summed E-state index contributed by atoms with van der Waals surface area (Å²) in [5, 5.41) is 6.72. The van der Waals surface area contributed by atoms with Crippen LogP contribution in [-0.4, -0.2) is 39.9 Å². The number of benzene rings is 1. The minimum absolute atomic E-state index is 0.0617. The van der Waals surface area contributed by atoms with Gasteiger partial charge in [-0.25, -0.2) is 0 Å². The number of hydrogen-bond donors (Lipinski definition) is 1. The predicted octanol–water partition coefficient (Wildman–Crippen LogP) is 3.20. The standard InChI is InChI=1S/C22H24N4O4/c27-19(9-10-20-24-21(25-30-20)18-8-5-13-29-18)23-15-16-6-4-7-17(14-16)22(28)26-11-2-1-3-12-26/h4-8,13-14H,1-3,9-12,15H2,(H,23,27). The summed E-state index contributed by atoms with van der Waals surface area (Å²) in [5.74, 6) is 1.21. The Morgan fingerprint density at radius 1 is 1.10 bits per heavy atom. The van der Waals surface area contributed by atoms with Crippen molar-refractivity contribution in [1.29, 1.82) is 0 Å². The van der Waals surface area contributed by atoms with Crippen LogP contribution in [0, 0.1) is 0 Å². The summed E-state index contributed by atoms with van der Waals surface area (Å²) < 4.78 is 10.4. The summed E-state index contributed by atoms with van der Waals surface area (Å²) >= 11 is 0. The largest absolute Gasteiger partial charge is 0.461 e. The molecule has 0 aliphatic carbocycles. The highest BCUT2D eigenvalue weighted by atomic mass is 16.5. The van der Waals surface area contributed by atoms with Crippen molar-refractivity contribution in [2.24, 2.45) is 0 Å². The number of piperidine rings is 1. The lowest BCUT2D eigenvalue weighted by Gasteiger charge is -2.26. The van der Waals surface area contributed by atoms with E-state index >= 15 is 0 Å². The molecule has 0 atom stereocenters. The topological polar surface area (TPSA) is 101 Å². The highest BCUT2D eigenvalue weighted by molar-refractivity contribution is 5.94. The van der Waals surface area contributed by atoms with Crippen LogP contribution in [0.2, 0.25) is 0 Å². The van der Waals surface area contributed by atoms with Crippen molar-refractivity contribution >= 4 is 11.8 Å². The third kappa shape index (κ3) is 4.94. The second kappa shape index (κ2) is 9.39. The molecule has 2 amide bonds. The fourth-order valence-electron chi connectivity index (χ4n) is 3.47. The Bertz CT molecular complexity index is 990. The van der Waals surface area contributed by atoms with Crippen LogP contribution in [0.25, 0.3) is 11.6 Å². The van der Waals surface area contributed by atoms with Gasteiger partial charge in [-0.05, 0) is 49.1 Å². The van der Waals surface area contributed by atoms with Gasteiger partial charge in [0.05, 0.1) is 6.26 Å². The van der Waals surface area contributed by atoms with Crippen molar-refractivity contribution in [2.75, 3.05) is 13.1 Å². The van der Waals surface area contributed by atoms with E-state index in [0.717, 1.165) is 31.5 Å². The predicted molar refractivity (Wildman–Crippen MR) is 108 cm³/mol. The Hall–Kier alpha value is -3.42. The van der Waals surface area contributed by atoms with Crippen LogP contribution in [0.5, 0.6) is 0 Å². The molecule has 1 saturated heterocycles. The van der Waals surface area contributed by atoms with E-state index in [1.54, 1.807) is 12.1 Å². The second-order valence-electron chi connectivity index (χ2n) is 7.32. The summed E-state index contributed by atoms with van der Waals surface area (Å²) in [7, 11) is 0. The monoisotopic (exact) mass is 408 g/mol. The Balaban J connectivity index is 1.26. The molecule has 1 N–H and O–H groups in total. The van der Waals surface area contributed by atoms with Crippen LogP contribution in [0.1, 0.15) is 47.5 Å². The normalized spacial score (nSPS) is 13.9. The van der Waals surface area contributed by atoms with Gasteiger partial charge in [0.25, 0.3) is 5.91 Å². The first kappa shape index (κ1) is 19.9. The molecule has 30 heavy (non-hydrogen) atoms. The fourth-order valence-corrected chi connectivity index (χ4v) is 3.47. The van der Waals surface area contributed by atoms with Gasteiger partial charge in [-0.1, -0.05) is 17.3 Å². The maximum Gasteiger partial charge on any atom is 0.253 e. The van der Waals surface area contributed by atoms with Gasteiger partial charge in [-0.3, -0.25) is 9.59 Å². The molecule has 3 heterocycles. The average molecular weight is 408 g/mol. The lowest BCUT2D eigenvalue weighted by molar-refractivity contribution is -0.121. The van der Waals surface area contributed by atoms with E-state index in [1.165, 1.54) is 12.7 Å². The molecule has 156 valence electrons. The van der Waals surface area contributed by atoms with E-state index in [9.17, 15) is 9.59 Å². The van der Waals surface area contributed by atoms with E-state index in [1.807, 2.05) is 29.2 Å². The highest BCUT2D eigenvalue weighted by Crippen LogP contribution is 2.17. The van der Waals surface area contributed by atoms with E-state index in [-0.39, 0.29) is 18.2 Å². The van der Waals surface area contributed by atoms with Crippen molar-refractivity contribution in [3.05, 3.63) is 59.7 Å². The molecule has 1 aromatic carbocycles. The molecule has 0 spiro atoms. The number of aromatic nitrogens is 2. The lowest BCUT2D eigenvalue weighted by atomic mass is 10.1. The van der Waals surface area contributed by atoms with Crippen molar-refractivity contribution < 1.29 is 18.5 Å². The lowest BCUT2D eigenvalue weighted by Crippen LogP contribution is -2.35. The number of furan rings is 1. The molecule has 0 unspecified atom stereocenters. The molecular weight excluding hydrogens is 384 g/mol. The Labute approximate surface area is 174 Å². The number of rotatable bonds is 7. The van der Waals surface area contributed by atoms with Crippen LogP contribution in [0.4, 0.5) is 0 Å². The average Bonchev–Trinajstić information content (AvgIpc) is 3.48. The van der Waals surface area contributed by atoms with Gasteiger partial charge in [0.15, 0.2) is 5.76 Å². The number of carbonyl (C=O) groups is 2. The molecular formula is C22H24N4O4. The number of likely N-dealkylation sites (tertiary alicyclic amines) is 1. The Kier molecular flexibility index (Phi) is 6.22. The summed E-state index contributed by atoms with van der Waals surface area (Å²) in [6.07, 6.45) is 5.41. The third-order valence-corrected chi connectivity index (χ3v) is 5.08. The van der Waals surface area contributed by atoms with Gasteiger partial charge in [-0.15, -0.1) is 0 Å². The quantitative estimate of drug-likeness (QED) is 0.644. The number of amides is 2. The van der Waals surface area contributed by atoms with Gasteiger partial charge in [0.2, 0.25) is 17.6 Å². The zero-order valence-electron chi connectivity index (χ0n) is 16.7. The van der Waals surface area contributed by atoms with Crippen LogP contribution in [-0.2, 0) is 17.8 Å². The molecule has 1 aliphatic rings. The van der Waals surface area contributed by atoms with Crippen molar-refractivity contribution in [3.63, 3.8) is 0 Å². The first-order valence-corrected chi connectivity index (χ1v) is 10.2. The van der Waals surface area contributed by atoms with Crippen molar-refractivity contribution in [2.45, 2.75) is 38.6 Å². The fraction of sp³-hybridized carbons (Fsp3) is 0.364. The maximum absolute atomic E-state index is 12.6. The minimum atomic E-state index is -0.125. The van der Waals surface area contributed by atoms with Crippen LogP contribution in [0.3, 0.4) is 0 Å². The molecule has 0 saturated carbocycles. The number of hydrogen-bond acceptors (Lipinski definition) is 6. The van der Waals surface area contributed by atoms with Gasteiger partial charge >= 0.3 is 0 Å². The molecule has 1 aliphatic heterocycles. The van der Waals surface area contributed by atoms with Gasteiger partial charge in [-0.2, -0.15) is 4.98 Å². The molecule has 0 radical (unpaired) electrons. The van der Waals surface area contributed by atoms with E-state index < -0.39 is 0 Å². The van der Waals surface area contributed by atoms with Gasteiger partial charge in [0.1, 0.15) is 0 Å². The first-order chi connectivity index (χ1) is 14.7. The van der Waals surface area contributed by atoms with Gasteiger partial charge < -0.3 is 19.2 Å². The zero-order chi connectivity index (χ0) is 20.8. The third-order valence-electron chi connectivity index (χ3n) is 5.08. The molecule has 3 aromatic rings. The molecule has 8 nitrogen and oxygen atoms in total. The summed E-state index contributed by atoms with van der Waals surface area (Å²) in [4.78, 5) is 31.0. The summed E-state index contributed by atoms with van der Waals surface area (Å²) in [5.41, 5.74) is 1.56. The van der Waals surface area contributed by atoms with Crippen molar-refractivity contribution in [3.8, 4) is 11.6 Å². The number of nitrogens with zero attached hydrogens (tertiary/aromatic N) is 3. The number of aryl methyl sites for hydroxylation is 1. The second-order valence-corrected chi connectivity index (χ2v) is 7.32. The first-order valence-electron chi connectivity index (χ1n) is 10.2. The van der Waals surface area contributed by atoms with Crippen LogP contribution >= 0.6 is 0 Å². The van der Waals surface area contributed by atoms with Crippen LogP contribution in [0.15, 0.2) is 51.6 Å². The maximum atomic E-state index is 12.6. The van der Waals surface area contributed by atoms with Crippen molar-refractivity contribution in [1.82, 2.24) is 20.4 Å². The molecule has 4 rings (SSSR count). The molecule has 1 fully saturated rings. The molecule has 2 aromatic heterocycles. The number of nitrogens with one attached hydrogen (secondary N) is 1. The van der Waals surface area contributed by atoms with E-state index in [2.05, 4.69) is 15.5 Å². The molecule has 0 bridgehead atoms. The summed E-state index contributed by atoms with van der Waals surface area (Å²) in [6.45, 7) is 2.00.